The third-order valence-corrected chi connectivity index (χ3v) is 4.28. The summed E-state index contributed by atoms with van der Waals surface area (Å²) in [5.41, 5.74) is 1.05. The first-order chi connectivity index (χ1) is 9.63. The van der Waals surface area contributed by atoms with Crippen LogP contribution in [0.1, 0.15) is 44.7 Å². The summed E-state index contributed by atoms with van der Waals surface area (Å²) in [6.45, 7) is 5.84. The van der Waals surface area contributed by atoms with Crippen LogP contribution < -0.4 is 5.32 Å². The third kappa shape index (κ3) is 2.62. The Morgan fingerprint density at radius 2 is 2.10 bits per heavy atom. The molecule has 0 unspecified atom stereocenters. The van der Waals surface area contributed by atoms with E-state index in [0.717, 1.165) is 37.4 Å². The summed E-state index contributed by atoms with van der Waals surface area (Å²) < 4.78 is 0. The maximum Gasteiger partial charge on any atom is 0.225 e. The van der Waals surface area contributed by atoms with Gasteiger partial charge in [0.2, 0.25) is 5.91 Å². The van der Waals surface area contributed by atoms with Crippen molar-refractivity contribution in [2.24, 2.45) is 5.92 Å². The van der Waals surface area contributed by atoms with Crippen LogP contribution in [-0.4, -0.2) is 39.9 Å². The number of likely N-dealkylation sites (tertiary alicyclic amines) is 1. The van der Waals surface area contributed by atoms with Crippen molar-refractivity contribution in [3.05, 3.63) is 18.1 Å². The number of hydrogen-bond donors (Lipinski definition) is 1. The quantitative estimate of drug-likeness (QED) is 0.912. The lowest BCUT2D eigenvalue weighted by Crippen LogP contribution is -2.59. The van der Waals surface area contributed by atoms with Gasteiger partial charge in [-0.05, 0) is 18.8 Å². The average Bonchev–Trinajstić information content (AvgIpc) is 2.31. The van der Waals surface area contributed by atoms with Crippen molar-refractivity contribution in [1.29, 1.82) is 0 Å². The van der Waals surface area contributed by atoms with Crippen LogP contribution in [0.3, 0.4) is 0 Å². The lowest BCUT2D eigenvalue weighted by molar-refractivity contribution is -0.142. The molecular formula is C15H22N4O. The van der Waals surface area contributed by atoms with E-state index in [0.29, 0.717) is 23.8 Å². The Balaban J connectivity index is 1.51. The van der Waals surface area contributed by atoms with E-state index in [1.165, 1.54) is 6.42 Å². The minimum Gasteiger partial charge on any atom is -0.364 e. The van der Waals surface area contributed by atoms with Gasteiger partial charge in [0.05, 0.1) is 6.04 Å². The molecule has 1 N–H and O–H groups in total. The summed E-state index contributed by atoms with van der Waals surface area (Å²) in [6, 6.07) is 2.33. The molecule has 5 heteroatoms. The van der Waals surface area contributed by atoms with E-state index in [1.54, 1.807) is 6.33 Å². The van der Waals surface area contributed by atoms with E-state index in [-0.39, 0.29) is 0 Å². The first-order valence-electron chi connectivity index (χ1n) is 7.50. The summed E-state index contributed by atoms with van der Waals surface area (Å²) in [4.78, 5) is 22.5. The maximum atomic E-state index is 12.0. The molecule has 0 aromatic carbocycles. The number of anilines is 1. The van der Waals surface area contributed by atoms with Crippen LogP contribution in [0.25, 0.3) is 0 Å². The zero-order valence-electron chi connectivity index (χ0n) is 12.2. The van der Waals surface area contributed by atoms with Gasteiger partial charge in [0.1, 0.15) is 12.1 Å². The van der Waals surface area contributed by atoms with Gasteiger partial charge in [-0.3, -0.25) is 4.79 Å². The van der Waals surface area contributed by atoms with Crippen LogP contribution in [0.15, 0.2) is 12.4 Å². The highest BCUT2D eigenvalue weighted by atomic mass is 16.2. The maximum absolute atomic E-state index is 12.0. The van der Waals surface area contributed by atoms with Gasteiger partial charge in [0.25, 0.3) is 0 Å². The molecule has 0 bridgehead atoms. The predicted octanol–water partition coefficient (Wildman–Crippen LogP) is 2.02. The average molecular weight is 274 g/mol. The Bertz CT molecular complexity index is 492. The first kappa shape index (κ1) is 13.3. The molecule has 1 amide bonds. The molecule has 108 valence electrons. The molecule has 1 saturated heterocycles. The van der Waals surface area contributed by atoms with Crippen molar-refractivity contribution in [1.82, 2.24) is 14.9 Å². The fourth-order valence-corrected chi connectivity index (χ4v) is 2.64. The normalized spacial score (nSPS) is 19.6. The van der Waals surface area contributed by atoms with Crippen molar-refractivity contribution in [2.45, 2.75) is 45.1 Å². The van der Waals surface area contributed by atoms with Crippen LogP contribution in [0.5, 0.6) is 0 Å². The highest BCUT2D eigenvalue weighted by Crippen LogP contribution is 2.30. The molecule has 1 aromatic rings. The van der Waals surface area contributed by atoms with Crippen molar-refractivity contribution in [3.63, 3.8) is 0 Å². The molecule has 0 radical (unpaired) electrons. The molecule has 0 spiro atoms. The Morgan fingerprint density at radius 3 is 2.70 bits per heavy atom. The van der Waals surface area contributed by atoms with Crippen LogP contribution in [0, 0.1) is 5.92 Å². The van der Waals surface area contributed by atoms with Crippen LogP contribution in [-0.2, 0) is 4.79 Å². The van der Waals surface area contributed by atoms with Crippen molar-refractivity contribution in [3.8, 4) is 0 Å². The standard InChI is InChI=1S/C15H22N4O/c1-10(2)13-6-14(17-9-16-13)18-12-7-19(8-12)15(20)11-4-3-5-11/h6,9-12H,3-5,7-8H2,1-2H3,(H,16,17,18). The number of hydrogen-bond acceptors (Lipinski definition) is 4. The Hall–Kier alpha value is -1.65. The second-order valence-electron chi connectivity index (χ2n) is 6.20. The molecule has 1 aliphatic heterocycles. The zero-order chi connectivity index (χ0) is 14.1. The zero-order valence-corrected chi connectivity index (χ0v) is 12.2. The lowest BCUT2D eigenvalue weighted by Gasteiger charge is -2.43. The predicted molar refractivity (Wildman–Crippen MR) is 77.5 cm³/mol. The largest absolute Gasteiger partial charge is 0.364 e. The van der Waals surface area contributed by atoms with E-state index >= 15 is 0 Å². The van der Waals surface area contributed by atoms with E-state index in [9.17, 15) is 4.79 Å². The Labute approximate surface area is 119 Å². The minimum atomic E-state index is 0.308. The number of nitrogens with zero attached hydrogens (tertiary/aromatic N) is 3. The molecule has 0 atom stereocenters. The van der Waals surface area contributed by atoms with E-state index in [1.807, 2.05) is 11.0 Å². The topological polar surface area (TPSA) is 58.1 Å². The molecule has 1 saturated carbocycles. The molecule has 3 rings (SSSR count). The van der Waals surface area contributed by atoms with Gasteiger partial charge in [-0.15, -0.1) is 0 Å². The summed E-state index contributed by atoms with van der Waals surface area (Å²) in [5.74, 6) is 1.92. The fraction of sp³-hybridized carbons (Fsp3) is 0.667. The van der Waals surface area contributed by atoms with Crippen molar-refractivity contribution < 1.29 is 4.79 Å². The molecule has 2 heterocycles. The fourth-order valence-electron chi connectivity index (χ4n) is 2.64. The molecule has 2 aliphatic rings. The smallest absolute Gasteiger partial charge is 0.225 e. The van der Waals surface area contributed by atoms with Gasteiger partial charge in [0, 0.05) is 30.8 Å². The van der Waals surface area contributed by atoms with Gasteiger partial charge in [-0.2, -0.15) is 0 Å². The van der Waals surface area contributed by atoms with Gasteiger partial charge in [-0.25, -0.2) is 9.97 Å². The number of carbonyl (C=O) groups is 1. The highest BCUT2D eigenvalue weighted by molar-refractivity contribution is 5.80. The number of carbonyl (C=O) groups excluding carboxylic acids is 1. The third-order valence-electron chi connectivity index (χ3n) is 4.28. The Morgan fingerprint density at radius 1 is 1.35 bits per heavy atom. The second kappa shape index (κ2) is 5.38. The highest BCUT2D eigenvalue weighted by Gasteiger charge is 2.36. The molecule has 1 aromatic heterocycles. The minimum absolute atomic E-state index is 0.308. The van der Waals surface area contributed by atoms with Crippen molar-refractivity contribution in [2.75, 3.05) is 18.4 Å². The molecular weight excluding hydrogens is 252 g/mol. The summed E-state index contributed by atoms with van der Waals surface area (Å²) >= 11 is 0. The van der Waals surface area contributed by atoms with Crippen molar-refractivity contribution >= 4 is 11.7 Å². The molecule has 1 aliphatic carbocycles. The lowest BCUT2D eigenvalue weighted by atomic mass is 9.83. The van der Waals surface area contributed by atoms with Gasteiger partial charge in [-0.1, -0.05) is 20.3 Å². The summed E-state index contributed by atoms with van der Waals surface area (Å²) in [7, 11) is 0. The van der Waals surface area contributed by atoms with E-state index < -0.39 is 0 Å². The van der Waals surface area contributed by atoms with Crippen LogP contribution in [0.4, 0.5) is 5.82 Å². The second-order valence-corrected chi connectivity index (χ2v) is 6.20. The summed E-state index contributed by atoms with van der Waals surface area (Å²) in [6.07, 6.45) is 4.98. The monoisotopic (exact) mass is 274 g/mol. The van der Waals surface area contributed by atoms with E-state index in [2.05, 4.69) is 29.1 Å². The van der Waals surface area contributed by atoms with Crippen LogP contribution >= 0.6 is 0 Å². The first-order valence-corrected chi connectivity index (χ1v) is 7.50. The Kier molecular flexibility index (Phi) is 3.59. The van der Waals surface area contributed by atoms with Crippen LogP contribution in [0.2, 0.25) is 0 Å². The summed E-state index contributed by atoms with van der Waals surface area (Å²) in [5, 5.41) is 3.39. The van der Waals surface area contributed by atoms with E-state index in [4.69, 9.17) is 0 Å². The molecule has 2 fully saturated rings. The molecule has 20 heavy (non-hydrogen) atoms. The number of amides is 1. The molecule has 5 nitrogen and oxygen atoms in total. The number of rotatable bonds is 4. The SMILES string of the molecule is CC(C)c1cc(NC2CN(C(=O)C3CCC3)C2)ncn1. The van der Waals surface area contributed by atoms with Gasteiger partial charge >= 0.3 is 0 Å². The number of nitrogens with one attached hydrogen (secondary N) is 1. The van der Waals surface area contributed by atoms with Gasteiger partial charge in [0.15, 0.2) is 0 Å². The number of aromatic nitrogens is 2. The van der Waals surface area contributed by atoms with Gasteiger partial charge < -0.3 is 10.2 Å².